The summed E-state index contributed by atoms with van der Waals surface area (Å²) in [6, 6.07) is 21.5. The van der Waals surface area contributed by atoms with Gasteiger partial charge in [0, 0.05) is 18.3 Å². The number of hydrogen-bond donors (Lipinski definition) is 1. The molecule has 0 bridgehead atoms. The van der Waals surface area contributed by atoms with E-state index in [4.69, 9.17) is 4.74 Å². The Morgan fingerprint density at radius 1 is 0.909 bits per heavy atom. The van der Waals surface area contributed by atoms with E-state index in [0.29, 0.717) is 11.3 Å². The first-order chi connectivity index (χ1) is 16.0. The van der Waals surface area contributed by atoms with Crippen LogP contribution in [0.25, 0.3) is 11.1 Å². The summed E-state index contributed by atoms with van der Waals surface area (Å²) in [5.74, 6) is -0.354. The number of amides is 1. The van der Waals surface area contributed by atoms with Crippen LogP contribution in [0.15, 0.2) is 72.8 Å². The Hall–Kier alpha value is -3.45. The van der Waals surface area contributed by atoms with Crippen LogP contribution < -0.4 is 19.7 Å². The SMILES string of the molecule is C1CCNC1.COc1cc(C(=O)N(C)c2cccc(-c3ccccc3)c2)ccc1OC(F)F. The van der Waals surface area contributed by atoms with E-state index >= 15 is 0 Å². The number of benzene rings is 3. The average molecular weight is 455 g/mol. The van der Waals surface area contributed by atoms with Crippen molar-refractivity contribution in [3.8, 4) is 22.6 Å². The Labute approximate surface area is 192 Å². The molecule has 1 fully saturated rings. The molecule has 0 spiro atoms. The van der Waals surface area contributed by atoms with E-state index in [1.54, 1.807) is 7.05 Å². The van der Waals surface area contributed by atoms with Crippen LogP contribution in [0.1, 0.15) is 23.2 Å². The lowest BCUT2D eigenvalue weighted by Crippen LogP contribution is -2.26. The Balaban J connectivity index is 0.000000541. The van der Waals surface area contributed by atoms with Gasteiger partial charge in [0.1, 0.15) is 0 Å². The van der Waals surface area contributed by atoms with Gasteiger partial charge in [0.2, 0.25) is 0 Å². The summed E-state index contributed by atoms with van der Waals surface area (Å²) in [5, 5.41) is 3.22. The molecule has 1 aliphatic rings. The van der Waals surface area contributed by atoms with E-state index in [1.807, 2.05) is 54.6 Å². The van der Waals surface area contributed by atoms with E-state index < -0.39 is 6.61 Å². The molecule has 0 saturated carbocycles. The smallest absolute Gasteiger partial charge is 0.387 e. The zero-order chi connectivity index (χ0) is 23.6. The molecule has 33 heavy (non-hydrogen) atoms. The minimum Gasteiger partial charge on any atom is -0.493 e. The molecule has 0 aliphatic carbocycles. The second-order valence-corrected chi connectivity index (χ2v) is 7.48. The van der Waals surface area contributed by atoms with Gasteiger partial charge in [-0.25, -0.2) is 0 Å². The Kier molecular flexibility index (Phi) is 8.78. The predicted octanol–water partition coefficient (Wildman–Crippen LogP) is 5.61. The number of nitrogens with zero attached hydrogens (tertiary/aromatic N) is 1. The molecule has 3 aromatic carbocycles. The second kappa shape index (κ2) is 12.0. The summed E-state index contributed by atoms with van der Waals surface area (Å²) in [5.41, 5.74) is 3.03. The van der Waals surface area contributed by atoms with E-state index in [9.17, 15) is 13.6 Å². The minimum absolute atomic E-state index is 0.0672. The van der Waals surface area contributed by atoms with Gasteiger partial charge in [-0.05, 0) is 67.4 Å². The average Bonchev–Trinajstić information content (AvgIpc) is 3.44. The standard InChI is InChI=1S/C22H19F2NO3.C4H9N/c1-25(18-10-6-9-16(13-18)15-7-4-3-5-8-15)21(26)17-11-12-19(28-22(23)24)20(14-17)27-2;1-2-4-5-3-1/h3-14,22H,1-2H3;5H,1-4H2. The molecule has 0 aromatic heterocycles. The zero-order valence-corrected chi connectivity index (χ0v) is 18.8. The summed E-state index contributed by atoms with van der Waals surface area (Å²) in [6.07, 6.45) is 2.78. The summed E-state index contributed by atoms with van der Waals surface area (Å²) >= 11 is 0. The first-order valence-corrected chi connectivity index (χ1v) is 10.8. The molecule has 174 valence electrons. The number of carbonyl (C=O) groups is 1. The van der Waals surface area contributed by atoms with Crippen LogP contribution in [-0.2, 0) is 0 Å². The summed E-state index contributed by atoms with van der Waals surface area (Å²) in [4.78, 5) is 14.4. The van der Waals surface area contributed by atoms with Gasteiger partial charge in [0.05, 0.1) is 7.11 Å². The number of halogens is 2. The van der Waals surface area contributed by atoms with Gasteiger partial charge in [-0.3, -0.25) is 4.79 Å². The van der Waals surface area contributed by atoms with E-state index in [-0.39, 0.29) is 17.4 Å². The number of ether oxygens (including phenoxy) is 2. The van der Waals surface area contributed by atoms with Crippen molar-refractivity contribution < 1.29 is 23.0 Å². The first-order valence-electron chi connectivity index (χ1n) is 10.8. The first kappa shape index (κ1) is 24.2. The molecule has 5 nitrogen and oxygen atoms in total. The molecule has 1 saturated heterocycles. The van der Waals surface area contributed by atoms with Crippen molar-refractivity contribution in [2.75, 3.05) is 32.1 Å². The molecule has 4 rings (SSSR count). The van der Waals surface area contributed by atoms with Gasteiger partial charge in [0.25, 0.3) is 5.91 Å². The highest BCUT2D eigenvalue weighted by Crippen LogP contribution is 2.31. The molecule has 1 N–H and O–H groups in total. The second-order valence-electron chi connectivity index (χ2n) is 7.48. The third-order valence-corrected chi connectivity index (χ3v) is 5.23. The van der Waals surface area contributed by atoms with Gasteiger partial charge in [0.15, 0.2) is 11.5 Å². The summed E-state index contributed by atoms with van der Waals surface area (Å²) in [7, 11) is 2.98. The van der Waals surface area contributed by atoms with Crippen LogP contribution in [0.4, 0.5) is 14.5 Å². The normalized spacial score (nSPS) is 12.6. The molecule has 1 aliphatic heterocycles. The van der Waals surface area contributed by atoms with E-state index in [1.165, 1.54) is 56.1 Å². The molecule has 1 amide bonds. The zero-order valence-electron chi connectivity index (χ0n) is 18.8. The fraction of sp³-hybridized carbons (Fsp3) is 0.269. The highest BCUT2D eigenvalue weighted by molar-refractivity contribution is 6.06. The summed E-state index contributed by atoms with van der Waals surface area (Å²) < 4.78 is 34.4. The maximum atomic E-state index is 12.9. The van der Waals surface area contributed by atoms with Crippen LogP contribution in [0.3, 0.4) is 0 Å². The van der Waals surface area contributed by atoms with Crippen LogP contribution >= 0.6 is 0 Å². The van der Waals surface area contributed by atoms with Gasteiger partial charge in [-0.15, -0.1) is 0 Å². The highest BCUT2D eigenvalue weighted by Gasteiger charge is 2.18. The van der Waals surface area contributed by atoms with Crippen molar-refractivity contribution in [3.63, 3.8) is 0 Å². The number of rotatable bonds is 6. The summed E-state index contributed by atoms with van der Waals surface area (Å²) in [6.45, 7) is -0.473. The molecule has 0 unspecified atom stereocenters. The molecule has 0 atom stereocenters. The van der Waals surface area contributed by atoms with Crippen molar-refractivity contribution in [1.82, 2.24) is 5.32 Å². The van der Waals surface area contributed by atoms with Crippen molar-refractivity contribution in [2.45, 2.75) is 19.5 Å². The van der Waals surface area contributed by atoms with Crippen molar-refractivity contribution in [1.29, 1.82) is 0 Å². The molecular weight excluding hydrogens is 426 g/mol. The van der Waals surface area contributed by atoms with Crippen LogP contribution in [0.5, 0.6) is 11.5 Å². The number of anilines is 1. The molecule has 0 radical (unpaired) electrons. The van der Waals surface area contributed by atoms with E-state index in [2.05, 4.69) is 10.1 Å². The maximum absolute atomic E-state index is 12.9. The number of nitrogens with one attached hydrogen (secondary N) is 1. The molecule has 3 aromatic rings. The molecular formula is C26H28F2N2O3. The minimum atomic E-state index is -2.97. The quantitative estimate of drug-likeness (QED) is 0.526. The Morgan fingerprint density at radius 3 is 2.21 bits per heavy atom. The van der Waals surface area contributed by atoms with Gasteiger partial charge in [-0.1, -0.05) is 42.5 Å². The maximum Gasteiger partial charge on any atom is 0.387 e. The highest BCUT2D eigenvalue weighted by atomic mass is 19.3. The van der Waals surface area contributed by atoms with Gasteiger partial charge < -0.3 is 19.7 Å². The number of methoxy groups -OCH3 is 1. The third-order valence-electron chi connectivity index (χ3n) is 5.23. The number of hydrogen-bond acceptors (Lipinski definition) is 4. The fourth-order valence-corrected chi connectivity index (χ4v) is 3.45. The number of carbonyl (C=O) groups excluding carboxylic acids is 1. The molecule has 1 heterocycles. The van der Waals surface area contributed by atoms with Crippen molar-refractivity contribution in [2.24, 2.45) is 0 Å². The van der Waals surface area contributed by atoms with Gasteiger partial charge in [-0.2, -0.15) is 8.78 Å². The Bertz CT molecular complexity index is 1030. The third kappa shape index (κ3) is 6.76. The van der Waals surface area contributed by atoms with Crippen molar-refractivity contribution >= 4 is 11.6 Å². The fourth-order valence-electron chi connectivity index (χ4n) is 3.45. The van der Waals surface area contributed by atoms with E-state index in [0.717, 1.165) is 11.1 Å². The predicted molar refractivity (Wildman–Crippen MR) is 126 cm³/mol. The number of alkyl halides is 2. The topological polar surface area (TPSA) is 50.8 Å². The van der Waals surface area contributed by atoms with Crippen LogP contribution in [-0.4, -0.2) is 39.8 Å². The lowest BCUT2D eigenvalue weighted by molar-refractivity contribution is -0.0512. The van der Waals surface area contributed by atoms with Crippen LogP contribution in [0, 0.1) is 0 Å². The van der Waals surface area contributed by atoms with Crippen molar-refractivity contribution in [3.05, 3.63) is 78.4 Å². The molecule has 7 heteroatoms. The Morgan fingerprint density at radius 2 is 1.61 bits per heavy atom. The largest absolute Gasteiger partial charge is 0.493 e. The lowest BCUT2D eigenvalue weighted by Gasteiger charge is -2.19. The lowest BCUT2D eigenvalue weighted by atomic mass is 10.0. The monoisotopic (exact) mass is 454 g/mol. The van der Waals surface area contributed by atoms with Crippen LogP contribution in [0.2, 0.25) is 0 Å². The van der Waals surface area contributed by atoms with Gasteiger partial charge >= 0.3 is 6.61 Å².